The van der Waals surface area contributed by atoms with Gasteiger partial charge < -0.3 is 5.32 Å². The lowest BCUT2D eigenvalue weighted by Gasteiger charge is -2.14. The zero-order chi connectivity index (χ0) is 11.4. The van der Waals surface area contributed by atoms with E-state index in [4.69, 9.17) is 0 Å². The number of halogens is 1. The lowest BCUT2D eigenvalue weighted by molar-refractivity contribution is 0.533. The molecule has 1 N–H and O–H groups in total. The molecule has 0 aliphatic heterocycles. The lowest BCUT2D eigenvalue weighted by atomic mass is 10.1. The third-order valence-electron chi connectivity index (χ3n) is 3.31. The maximum Gasteiger partial charge on any atom is 0.0291 e. The van der Waals surface area contributed by atoms with Gasteiger partial charge in [0.2, 0.25) is 0 Å². The summed E-state index contributed by atoms with van der Waals surface area (Å²) in [5.74, 6) is 1.07. The van der Waals surface area contributed by atoms with E-state index < -0.39 is 0 Å². The molecular weight excluding hydrogens is 309 g/mol. The predicted octanol–water partition coefficient (Wildman–Crippen LogP) is 4.13. The molecule has 0 spiro atoms. The molecule has 0 amide bonds. The Morgan fingerprint density at radius 3 is 2.62 bits per heavy atom. The Morgan fingerprint density at radius 2 is 2.00 bits per heavy atom. The molecule has 1 atom stereocenters. The molecular formula is C14H20IN. The van der Waals surface area contributed by atoms with Crippen LogP contribution in [0.2, 0.25) is 0 Å². The Balaban J connectivity index is 1.69. The van der Waals surface area contributed by atoms with E-state index in [2.05, 4.69) is 59.1 Å². The topological polar surface area (TPSA) is 12.0 Å². The maximum atomic E-state index is 3.60. The van der Waals surface area contributed by atoms with Gasteiger partial charge >= 0.3 is 0 Å². The third-order valence-corrected chi connectivity index (χ3v) is 4.03. The van der Waals surface area contributed by atoms with Crippen molar-refractivity contribution in [1.82, 2.24) is 5.32 Å². The molecule has 1 saturated carbocycles. The minimum Gasteiger partial charge on any atom is -0.310 e. The van der Waals surface area contributed by atoms with Crippen molar-refractivity contribution in [2.24, 2.45) is 5.92 Å². The van der Waals surface area contributed by atoms with E-state index in [9.17, 15) is 0 Å². The van der Waals surface area contributed by atoms with Crippen LogP contribution in [-0.4, -0.2) is 6.54 Å². The zero-order valence-corrected chi connectivity index (χ0v) is 12.0. The second-order valence-corrected chi connectivity index (χ2v) is 6.06. The molecule has 0 bridgehead atoms. The highest BCUT2D eigenvalue weighted by atomic mass is 127. The highest BCUT2D eigenvalue weighted by Crippen LogP contribution is 2.33. The Kier molecular flexibility index (Phi) is 4.65. The summed E-state index contributed by atoms with van der Waals surface area (Å²) in [7, 11) is 0. The molecule has 1 aliphatic rings. The molecule has 0 heterocycles. The van der Waals surface area contributed by atoms with Crippen LogP contribution in [0.15, 0.2) is 24.3 Å². The van der Waals surface area contributed by atoms with Gasteiger partial charge in [0.1, 0.15) is 0 Å². The van der Waals surface area contributed by atoms with Crippen molar-refractivity contribution in [3.8, 4) is 0 Å². The fourth-order valence-electron chi connectivity index (χ4n) is 1.99. The van der Waals surface area contributed by atoms with Crippen molar-refractivity contribution in [3.63, 3.8) is 0 Å². The van der Waals surface area contributed by atoms with Gasteiger partial charge in [0.25, 0.3) is 0 Å². The number of rotatable bonds is 6. The summed E-state index contributed by atoms with van der Waals surface area (Å²) in [6, 6.07) is 9.29. The van der Waals surface area contributed by atoms with E-state index in [-0.39, 0.29) is 0 Å². The summed E-state index contributed by atoms with van der Waals surface area (Å²) in [5.41, 5.74) is 1.40. The highest BCUT2D eigenvalue weighted by Gasteiger charge is 2.20. The largest absolute Gasteiger partial charge is 0.310 e. The molecule has 1 fully saturated rings. The number of hydrogen-bond acceptors (Lipinski definition) is 1. The molecule has 1 aromatic rings. The molecule has 2 rings (SSSR count). The summed E-state index contributed by atoms with van der Waals surface area (Å²) >= 11 is 2.35. The van der Waals surface area contributed by atoms with Gasteiger partial charge in [0.15, 0.2) is 0 Å². The Labute approximate surface area is 112 Å². The first kappa shape index (κ1) is 12.4. The van der Waals surface area contributed by atoms with Crippen molar-refractivity contribution in [2.75, 3.05) is 6.54 Å². The average molecular weight is 329 g/mol. The summed E-state index contributed by atoms with van der Waals surface area (Å²) in [5, 5.41) is 3.60. The van der Waals surface area contributed by atoms with Crippen molar-refractivity contribution < 1.29 is 0 Å². The average Bonchev–Trinajstić information content (AvgIpc) is 3.09. The summed E-state index contributed by atoms with van der Waals surface area (Å²) in [4.78, 5) is 0. The molecule has 0 saturated heterocycles. The zero-order valence-electron chi connectivity index (χ0n) is 9.88. The predicted molar refractivity (Wildman–Crippen MR) is 77.5 cm³/mol. The van der Waals surface area contributed by atoms with Gasteiger partial charge in [-0.2, -0.15) is 0 Å². The van der Waals surface area contributed by atoms with E-state index >= 15 is 0 Å². The van der Waals surface area contributed by atoms with Gasteiger partial charge in [-0.1, -0.05) is 25.0 Å². The SMILES string of the molecule is CC(NCCCC1CC1)c1ccc(I)cc1. The van der Waals surface area contributed by atoms with E-state index in [0.29, 0.717) is 6.04 Å². The van der Waals surface area contributed by atoms with Crippen LogP contribution >= 0.6 is 22.6 Å². The Bertz CT molecular complexity index is 316. The molecule has 1 aliphatic carbocycles. The van der Waals surface area contributed by atoms with Crippen molar-refractivity contribution in [3.05, 3.63) is 33.4 Å². The molecule has 88 valence electrons. The van der Waals surface area contributed by atoms with Gasteiger partial charge in [-0.25, -0.2) is 0 Å². The van der Waals surface area contributed by atoms with Gasteiger partial charge in [0, 0.05) is 9.61 Å². The molecule has 1 aromatic carbocycles. The molecule has 0 aromatic heterocycles. The second-order valence-electron chi connectivity index (χ2n) is 4.81. The van der Waals surface area contributed by atoms with Crippen LogP contribution in [-0.2, 0) is 0 Å². The molecule has 2 heteroatoms. The monoisotopic (exact) mass is 329 g/mol. The molecule has 1 nitrogen and oxygen atoms in total. The minimum atomic E-state index is 0.483. The maximum absolute atomic E-state index is 3.60. The van der Waals surface area contributed by atoms with Gasteiger partial charge in [-0.05, 0) is 72.5 Å². The van der Waals surface area contributed by atoms with E-state index in [1.54, 1.807) is 0 Å². The molecule has 0 radical (unpaired) electrons. The lowest BCUT2D eigenvalue weighted by Crippen LogP contribution is -2.19. The van der Waals surface area contributed by atoms with Crippen LogP contribution in [0.3, 0.4) is 0 Å². The van der Waals surface area contributed by atoms with Crippen LogP contribution in [0.5, 0.6) is 0 Å². The van der Waals surface area contributed by atoms with Crippen LogP contribution < -0.4 is 5.32 Å². The standard InChI is InChI=1S/C14H20IN/c1-11(13-6-8-14(15)9-7-13)16-10-2-3-12-4-5-12/h6-9,11-12,16H,2-5,10H2,1H3. The summed E-state index contributed by atoms with van der Waals surface area (Å²) < 4.78 is 1.31. The van der Waals surface area contributed by atoms with Crippen LogP contribution in [0.4, 0.5) is 0 Å². The smallest absolute Gasteiger partial charge is 0.0291 e. The van der Waals surface area contributed by atoms with Crippen molar-refractivity contribution >= 4 is 22.6 Å². The van der Waals surface area contributed by atoms with Crippen LogP contribution in [0.1, 0.15) is 44.2 Å². The minimum absolute atomic E-state index is 0.483. The van der Waals surface area contributed by atoms with Gasteiger partial charge in [0.05, 0.1) is 0 Å². The number of nitrogens with one attached hydrogen (secondary N) is 1. The molecule has 1 unspecified atom stereocenters. The summed E-state index contributed by atoms with van der Waals surface area (Å²) in [6.07, 6.45) is 5.71. The highest BCUT2D eigenvalue weighted by molar-refractivity contribution is 14.1. The molecule has 16 heavy (non-hydrogen) atoms. The number of benzene rings is 1. The first-order chi connectivity index (χ1) is 7.75. The van der Waals surface area contributed by atoms with Gasteiger partial charge in [-0.3, -0.25) is 0 Å². The first-order valence-corrected chi connectivity index (χ1v) is 7.32. The van der Waals surface area contributed by atoms with Crippen LogP contribution in [0.25, 0.3) is 0 Å². The second kappa shape index (κ2) is 6.01. The first-order valence-electron chi connectivity index (χ1n) is 6.24. The normalized spacial score (nSPS) is 17.4. The van der Waals surface area contributed by atoms with Crippen LogP contribution in [0, 0.1) is 9.49 Å². The summed E-state index contributed by atoms with van der Waals surface area (Å²) in [6.45, 7) is 3.41. The number of hydrogen-bond donors (Lipinski definition) is 1. The Hall–Kier alpha value is -0.0900. The van der Waals surface area contributed by atoms with E-state index in [0.717, 1.165) is 12.5 Å². The fourth-order valence-corrected chi connectivity index (χ4v) is 2.34. The van der Waals surface area contributed by atoms with Crippen molar-refractivity contribution in [2.45, 2.75) is 38.6 Å². The van der Waals surface area contributed by atoms with E-state index in [1.807, 2.05) is 0 Å². The fraction of sp³-hybridized carbons (Fsp3) is 0.571. The third kappa shape index (κ3) is 4.06. The quantitative estimate of drug-likeness (QED) is 0.611. The van der Waals surface area contributed by atoms with E-state index in [1.165, 1.54) is 34.8 Å². The van der Waals surface area contributed by atoms with Gasteiger partial charge in [-0.15, -0.1) is 0 Å². The Morgan fingerprint density at radius 1 is 1.31 bits per heavy atom. The van der Waals surface area contributed by atoms with Crippen molar-refractivity contribution in [1.29, 1.82) is 0 Å².